The Kier molecular flexibility index (Phi) is 9.06. The first-order valence-corrected chi connectivity index (χ1v) is 16.6. The number of piperazine rings is 1. The minimum Gasteiger partial charge on any atom is -0.368 e. The van der Waals surface area contributed by atoms with E-state index in [4.69, 9.17) is 0 Å². The van der Waals surface area contributed by atoms with Crippen LogP contribution in [0.4, 0.5) is 17.1 Å². The van der Waals surface area contributed by atoms with E-state index in [9.17, 15) is 0 Å². The lowest BCUT2D eigenvalue weighted by atomic mass is 9.93. The van der Waals surface area contributed by atoms with Crippen LogP contribution in [0.15, 0.2) is 90.3 Å². The molecule has 0 bridgehead atoms. The summed E-state index contributed by atoms with van der Waals surface area (Å²) >= 11 is 0. The Morgan fingerprint density at radius 2 is 1.35 bits per heavy atom. The van der Waals surface area contributed by atoms with Gasteiger partial charge in [-0.15, -0.1) is 0 Å². The number of benzene rings is 3. The second-order valence-electron chi connectivity index (χ2n) is 12.8. The summed E-state index contributed by atoms with van der Waals surface area (Å²) in [5, 5.41) is 6.58. The molecule has 0 radical (unpaired) electrons. The molecule has 1 saturated heterocycles. The van der Waals surface area contributed by atoms with Gasteiger partial charge in [-0.1, -0.05) is 56.8 Å². The van der Waals surface area contributed by atoms with Crippen molar-refractivity contribution in [3.63, 3.8) is 0 Å². The van der Waals surface area contributed by atoms with Gasteiger partial charge in [0.25, 0.3) is 0 Å². The van der Waals surface area contributed by atoms with Crippen LogP contribution in [0.5, 0.6) is 0 Å². The lowest BCUT2D eigenvalue weighted by Gasteiger charge is -2.37. The average molecular weight is 576 g/mol. The first-order chi connectivity index (χ1) is 21.0. The highest BCUT2D eigenvalue weighted by molar-refractivity contribution is 5.85. The molecule has 2 heterocycles. The average Bonchev–Trinajstić information content (AvgIpc) is 3.71. The monoisotopic (exact) mass is 575 g/mol. The molecular formula is C38H49N5. The van der Waals surface area contributed by atoms with Gasteiger partial charge in [0.15, 0.2) is 0 Å². The summed E-state index contributed by atoms with van der Waals surface area (Å²) in [6.07, 6.45) is 10.6. The van der Waals surface area contributed by atoms with Gasteiger partial charge in [0.2, 0.25) is 0 Å². The number of aryl methyl sites for hydroxylation is 2. The van der Waals surface area contributed by atoms with Gasteiger partial charge in [0.1, 0.15) is 12.2 Å². The third kappa shape index (κ3) is 6.61. The highest BCUT2D eigenvalue weighted by Crippen LogP contribution is 2.40. The highest BCUT2D eigenvalue weighted by Gasteiger charge is 2.26. The maximum atomic E-state index is 4.56. The topological polar surface area (TPSA) is 25.3 Å². The molecule has 0 amide bonds. The van der Waals surface area contributed by atoms with Gasteiger partial charge >= 0.3 is 0 Å². The Balaban J connectivity index is 0.954. The van der Waals surface area contributed by atoms with Crippen LogP contribution in [0, 0.1) is 5.92 Å². The predicted molar refractivity (Wildman–Crippen MR) is 183 cm³/mol. The van der Waals surface area contributed by atoms with E-state index in [-0.39, 0.29) is 0 Å². The summed E-state index contributed by atoms with van der Waals surface area (Å²) < 4.78 is 0. The Hall–Kier alpha value is -3.73. The van der Waals surface area contributed by atoms with Crippen LogP contribution in [0.25, 0.3) is 0 Å². The van der Waals surface area contributed by atoms with Gasteiger partial charge < -0.3 is 9.80 Å². The number of nitrogens with zero attached hydrogens (tertiary/aromatic N) is 5. The zero-order chi connectivity index (χ0) is 29.8. The van der Waals surface area contributed by atoms with Gasteiger partial charge in [-0.2, -0.15) is 5.10 Å². The summed E-state index contributed by atoms with van der Waals surface area (Å²) in [4.78, 5) is 7.11. The molecule has 3 aliphatic rings. The number of anilines is 3. The Labute approximate surface area is 259 Å². The fourth-order valence-electron chi connectivity index (χ4n) is 7.06. The second kappa shape index (κ2) is 13.3. The van der Waals surface area contributed by atoms with E-state index in [0.29, 0.717) is 6.04 Å². The molecule has 2 aliphatic heterocycles. The molecule has 0 aromatic heterocycles. The van der Waals surface area contributed by atoms with E-state index in [0.717, 1.165) is 62.4 Å². The lowest BCUT2D eigenvalue weighted by molar-refractivity contribution is 0.286. The van der Waals surface area contributed by atoms with E-state index in [2.05, 4.69) is 120 Å². The largest absolute Gasteiger partial charge is 0.368 e. The van der Waals surface area contributed by atoms with Crippen molar-refractivity contribution in [1.29, 1.82) is 0 Å². The molecule has 5 nitrogen and oxygen atoms in total. The first kappa shape index (κ1) is 29.3. The molecule has 1 saturated carbocycles. The molecule has 2 fully saturated rings. The van der Waals surface area contributed by atoms with Crippen molar-refractivity contribution in [2.24, 2.45) is 11.0 Å². The molecule has 0 spiro atoms. The summed E-state index contributed by atoms with van der Waals surface area (Å²) in [7, 11) is 0. The van der Waals surface area contributed by atoms with Crippen LogP contribution in [0.1, 0.15) is 75.5 Å². The van der Waals surface area contributed by atoms with Gasteiger partial charge in [-0.05, 0) is 117 Å². The number of hydrazone groups is 1. The van der Waals surface area contributed by atoms with Gasteiger partial charge in [0.05, 0.1) is 6.04 Å². The van der Waals surface area contributed by atoms with Crippen molar-refractivity contribution < 1.29 is 0 Å². The van der Waals surface area contributed by atoms with Crippen molar-refractivity contribution in [1.82, 2.24) is 5.01 Å². The van der Waals surface area contributed by atoms with Crippen LogP contribution >= 0.6 is 0 Å². The molecule has 3 atom stereocenters. The second-order valence-corrected chi connectivity index (χ2v) is 12.8. The molecule has 2 unspecified atom stereocenters. The number of rotatable bonds is 10. The maximum absolute atomic E-state index is 4.56. The molecule has 3 aromatic rings. The van der Waals surface area contributed by atoms with Crippen LogP contribution in [0.3, 0.4) is 0 Å². The van der Waals surface area contributed by atoms with E-state index in [1.54, 1.807) is 5.56 Å². The Morgan fingerprint density at radius 1 is 0.767 bits per heavy atom. The molecular weight excluding hydrogens is 526 g/mol. The van der Waals surface area contributed by atoms with Crippen LogP contribution in [-0.2, 0) is 12.8 Å². The smallest absolute Gasteiger partial charge is 0.128 e. The van der Waals surface area contributed by atoms with E-state index in [1.165, 1.54) is 54.6 Å². The normalized spacial score (nSPS) is 21.2. The van der Waals surface area contributed by atoms with Crippen molar-refractivity contribution in [3.05, 3.63) is 102 Å². The quantitative estimate of drug-likeness (QED) is 0.242. The SMILES string of the molecule is C=C1N(c2ccc(N3CCN(c4ccc(CC[C@@H]5CCC(c6ccc(CC)cc6)C5)cc4)CC3)cc2)C=NN1C(C)CC. The Bertz CT molecular complexity index is 1370. The van der Waals surface area contributed by atoms with Crippen molar-refractivity contribution >= 4 is 23.4 Å². The number of hydrogen-bond donors (Lipinski definition) is 0. The molecule has 6 rings (SSSR count). The van der Waals surface area contributed by atoms with E-state index >= 15 is 0 Å². The molecule has 1 aliphatic carbocycles. The highest BCUT2D eigenvalue weighted by atomic mass is 15.6. The Morgan fingerprint density at radius 3 is 1.95 bits per heavy atom. The van der Waals surface area contributed by atoms with Crippen molar-refractivity contribution in [2.75, 3.05) is 40.9 Å². The molecule has 43 heavy (non-hydrogen) atoms. The van der Waals surface area contributed by atoms with Crippen LogP contribution in [-0.4, -0.2) is 43.6 Å². The molecule has 5 heteroatoms. The van der Waals surface area contributed by atoms with Crippen LogP contribution in [0.2, 0.25) is 0 Å². The third-order valence-electron chi connectivity index (χ3n) is 10.2. The summed E-state index contributed by atoms with van der Waals surface area (Å²) in [6.45, 7) is 15.0. The lowest BCUT2D eigenvalue weighted by Crippen LogP contribution is -2.46. The van der Waals surface area contributed by atoms with Crippen LogP contribution < -0.4 is 14.7 Å². The summed E-state index contributed by atoms with van der Waals surface area (Å²) in [6, 6.07) is 28.0. The first-order valence-electron chi connectivity index (χ1n) is 16.6. The molecule has 3 aromatic carbocycles. The van der Waals surface area contributed by atoms with E-state index in [1.807, 2.05) is 11.3 Å². The number of hydrogen-bond acceptors (Lipinski definition) is 5. The molecule has 0 N–H and O–H groups in total. The van der Waals surface area contributed by atoms with Gasteiger partial charge in [-0.25, -0.2) is 5.01 Å². The van der Waals surface area contributed by atoms with Gasteiger partial charge in [0, 0.05) is 43.2 Å². The van der Waals surface area contributed by atoms with E-state index < -0.39 is 0 Å². The minimum atomic E-state index is 0.347. The zero-order valence-corrected chi connectivity index (χ0v) is 26.5. The summed E-state index contributed by atoms with van der Waals surface area (Å²) in [5.41, 5.74) is 8.23. The fourth-order valence-corrected chi connectivity index (χ4v) is 7.06. The molecule has 226 valence electrons. The predicted octanol–water partition coefficient (Wildman–Crippen LogP) is 8.43. The van der Waals surface area contributed by atoms with Crippen molar-refractivity contribution in [2.45, 2.75) is 77.7 Å². The zero-order valence-electron chi connectivity index (χ0n) is 26.5. The standard InChI is InChI=1S/C38H49N5/c1-5-29(3)43-30(4)42(28-39-43)38-21-19-37(20-22-38)41-25-23-40(24-26-41)36-17-12-32(13-18-36)7-8-33-11-16-35(27-33)34-14-9-31(6-2)10-15-34/h9-10,12-15,17-22,28-29,33,35H,4-8,11,16,23-27H2,1-3H3/t29?,33-,35?/m1/s1. The third-order valence-corrected chi connectivity index (χ3v) is 10.2. The van der Waals surface area contributed by atoms with Crippen molar-refractivity contribution in [3.8, 4) is 0 Å². The maximum Gasteiger partial charge on any atom is 0.128 e. The minimum absolute atomic E-state index is 0.347. The van der Waals surface area contributed by atoms with Gasteiger partial charge in [-0.3, -0.25) is 4.90 Å². The summed E-state index contributed by atoms with van der Waals surface area (Å²) in [5.74, 6) is 2.54. The fraction of sp³-hybridized carbons (Fsp3) is 0.447.